The van der Waals surface area contributed by atoms with E-state index in [2.05, 4.69) is 5.32 Å². The molecule has 0 bridgehead atoms. The Balaban J connectivity index is 1.45. The third-order valence-electron chi connectivity index (χ3n) is 5.91. The van der Waals surface area contributed by atoms with Crippen molar-refractivity contribution in [1.82, 2.24) is 9.80 Å². The van der Waals surface area contributed by atoms with Crippen molar-refractivity contribution in [2.24, 2.45) is 0 Å². The third-order valence-corrected chi connectivity index (χ3v) is 6.16. The van der Waals surface area contributed by atoms with Crippen LogP contribution in [0.2, 0.25) is 5.02 Å². The number of amides is 2. The van der Waals surface area contributed by atoms with Crippen LogP contribution >= 0.6 is 11.6 Å². The fraction of sp³-hybridized carbons (Fsp3) is 0.375. The quantitative estimate of drug-likeness (QED) is 0.700. The molecule has 2 amide bonds. The van der Waals surface area contributed by atoms with Gasteiger partial charge < -0.3 is 15.0 Å². The van der Waals surface area contributed by atoms with Crippen molar-refractivity contribution in [3.63, 3.8) is 0 Å². The number of halogens is 1. The number of esters is 1. The summed E-state index contributed by atoms with van der Waals surface area (Å²) in [5.41, 5.74) is 3.21. The molecule has 2 aromatic rings. The molecule has 2 aliphatic heterocycles. The average molecular weight is 456 g/mol. The molecule has 0 aliphatic carbocycles. The Labute approximate surface area is 192 Å². The minimum Gasteiger partial charge on any atom is -0.465 e. The van der Waals surface area contributed by atoms with E-state index in [1.165, 1.54) is 0 Å². The highest BCUT2D eigenvalue weighted by molar-refractivity contribution is 6.30. The molecule has 7 nitrogen and oxygen atoms in total. The van der Waals surface area contributed by atoms with E-state index in [-0.39, 0.29) is 17.8 Å². The summed E-state index contributed by atoms with van der Waals surface area (Å²) in [6.45, 7) is 4.22. The lowest BCUT2D eigenvalue weighted by molar-refractivity contribution is -0.150. The van der Waals surface area contributed by atoms with Crippen LogP contribution in [-0.2, 0) is 20.7 Å². The number of carbonyl (C=O) groups excluding carboxylic acids is 3. The van der Waals surface area contributed by atoms with E-state index >= 15 is 0 Å². The van der Waals surface area contributed by atoms with Crippen LogP contribution in [0.3, 0.4) is 0 Å². The second-order valence-electron chi connectivity index (χ2n) is 7.95. The smallest absolute Gasteiger partial charge is 0.328 e. The van der Waals surface area contributed by atoms with E-state index in [0.29, 0.717) is 56.2 Å². The third kappa shape index (κ3) is 4.79. The number of aryl methyl sites for hydroxylation is 1. The molecular weight excluding hydrogens is 430 g/mol. The van der Waals surface area contributed by atoms with Crippen LogP contribution in [0.15, 0.2) is 42.5 Å². The Morgan fingerprint density at radius 2 is 1.78 bits per heavy atom. The van der Waals surface area contributed by atoms with E-state index in [9.17, 15) is 14.4 Å². The Hall–Kier alpha value is -2.90. The molecule has 168 valence electrons. The van der Waals surface area contributed by atoms with Crippen LogP contribution < -0.4 is 5.32 Å². The average Bonchev–Trinajstić information content (AvgIpc) is 2.80. The monoisotopic (exact) mass is 455 g/mol. The molecule has 4 rings (SSSR count). The van der Waals surface area contributed by atoms with Crippen molar-refractivity contribution >= 4 is 35.1 Å². The van der Waals surface area contributed by atoms with Gasteiger partial charge in [0.1, 0.15) is 6.04 Å². The number of carbonyl (C=O) groups is 3. The van der Waals surface area contributed by atoms with Gasteiger partial charge in [0.05, 0.1) is 6.61 Å². The number of fused-ring (bicyclic) bond motifs is 1. The van der Waals surface area contributed by atoms with Gasteiger partial charge in [-0.05, 0) is 54.8 Å². The van der Waals surface area contributed by atoms with E-state index in [1.54, 1.807) is 31.2 Å². The Morgan fingerprint density at radius 1 is 1.06 bits per heavy atom. The number of hydrogen-bond acceptors (Lipinski definition) is 5. The standard InChI is InChI=1S/C24H26ClN3O4/c1-2-32-24(31)22(16-3-7-19(25)8-4-16)27-11-13-28(14-12-27)23(30)18-5-9-20-17(15-18)6-10-21(29)26-20/h3-5,7-9,15,22H,2,6,10-14H2,1H3,(H,26,29). The number of anilines is 1. The fourth-order valence-electron chi connectivity index (χ4n) is 4.24. The van der Waals surface area contributed by atoms with Gasteiger partial charge in [0, 0.05) is 48.9 Å². The number of benzene rings is 2. The topological polar surface area (TPSA) is 79.0 Å². The Bertz CT molecular complexity index is 1020. The van der Waals surface area contributed by atoms with Crippen LogP contribution in [-0.4, -0.2) is 60.4 Å². The molecule has 1 fully saturated rings. The van der Waals surface area contributed by atoms with Gasteiger partial charge in [-0.2, -0.15) is 0 Å². The number of ether oxygens (including phenoxy) is 1. The Morgan fingerprint density at radius 3 is 2.47 bits per heavy atom. The molecule has 2 aromatic carbocycles. The van der Waals surface area contributed by atoms with Crippen LogP contribution in [0.5, 0.6) is 0 Å². The van der Waals surface area contributed by atoms with E-state index in [0.717, 1.165) is 16.8 Å². The summed E-state index contributed by atoms with van der Waals surface area (Å²) in [6.07, 6.45) is 1.07. The molecule has 0 aromatic heterocycles. The maximum Gasteiger partial charge on any atom is 0.328 e. The molecule has 1 atom stereocenters. The summed E-state index contributed by atoms with van der Waals surface area (Å²) in [5.74, 6) is -0.334. The predicted molar refractivity (Wildman–Crippen MR) is 122 cm³/mol. The number of hydrogen-bond donors (Lipinski definition) is 1. The van der Waals surface area contributed by atoms with Gasteiger partial charge in [-0.15, -0.1) is 0 Å². The van der Waals surface area contributed by atoms with Gasteiger partial charge in [-0.3, -0.25) is 14.5 Å². The summed E-state index contributed by atoms with van der Waals surface area (Å²) in [7, 11) is 0. The molecule has 0 saturated carbocycles. The summed E-state index contributed by atoms with van der Waals surface area (Å²) >= 11 is 6.01. The van der Waals surface area contributed by atoms with Crippen molar-refractivity contribution in [2.45, 2.75) is 25.8 Å². The maximum absolute atomic E-state index is 13.1. The number of piperazine rings is 1. The molecule has 1 saturated heterocycles. The molecule has 8 heteroatoms. The van der Waals surface area contributed by atoms with Crippen LogP contribution in [0, 0.1) is 0 Å². The fourth-order valence-corrected chi connectivity index (χ4v) is 4.37. The van der Waals surface area contributed by atoms with E-state index in [1.807, 2.05) is 28.0 Å². The van der Waals surface area contributed by atoms with Crippen molar-refractivity contribution in [3.8, 4) is 0 Å². The lowest BCUT2D eigenvalue weighted by atomic mass is 9.99. The summed E-state index contributed by atoms with van der Waals surface area (Å²) < 4.78 is 5.32. The zero-order chi connectivity index (χ0) is 22.7. The largest absolute Gasteiger partial charge is 0.465 e. The lowest BCUT2D eigenvalue weighted by Gasteiger charge is -2.38. The van der Waals surface area contributed by atoms with Gasteiger partial charge in [-0.25, -0.2) is 4.79 Å². The molecular formula is C24H26ClN3O4. The molecule has 32 heavy (non-hydrogen) atoms. The first kappa shape index (κ1) is 22.3. The first-order valence-corrected chi connectivity index (χ1v) is 11.2. The Kier molecular flexibility index (Phi) is 6.77. The highest BCUT2D eigenvalue weighted by Gasteiger charge is 2.33. The van der Waals surface area contributed by atoms with Crippen LogP contribution in [0.25, 0.3) is 0 Å². The van der Waals surface area contributed by atoms with Crippen molar-refractivity contribution in [3.05, 3.63) is 64.2 Å². The summed E-state index contributed by atoms with van der Waals surface area (Å²) in [6, 6.07) is 12.1. The number of nitrogens with one attached hydrogen (secondary N) is 1. The van der Waals surface area contributed by atoms with Crippen LogP contribution in [0.1, 0.15) is 40.9 Å². The van der Waals surface area contributed by atoms with Crippen molar-refractivity contribution < 1.29 is 19.1 Å². The predicted octanol–water partition coefficient (Wildman–Crippen LogP) is 3.29. The lowest BCUT2D eigenvalue weighted by Crippen LogP contribution is -2.51. The highest BCUT2D eigenvalue weighted by atomic mass is 35.5. The number of nitrogens with zero attached hydrogens (tertiary/aromatic N) is 2. The van der Waals surface area contributed by atoms with Crippen molar-refractivity contribution in [1.29, 1.82) is 0 Å². The van der Waals surface area contributed by atoms with Gasteiger partial charge in [0.15, 0.2) is 0 Å². The maximum atomic E-state index is 13.1. The molecule has 1 unspecified atom stereocenters. The molecule has 1 N–H and O–H groups in total. The molecule has 2 aliphatic rings. The number of rotatable bonds is 5. The second-order valence-corrected chi connectivity index (χ2v) is 8.39. The highest BCUT2D eigenvalue weighted by Crippen LogP contribution is 2.27. The van der Waals surface area contributed by atoms with Gasteiger partial charge in [0.25, 0.3) is 5.91 Å². The first-order valence-electron chi connectivity index (χ1n) is 10.8. The summed E-state index contributed by atoms with van der Waals surface area (Å²) in [5, 5.41) is 3.45. The minimum absolute atomic E-state index is 0.00420. The summed E-state index contributed by atoms with van der Waals surface area (Å²) in [4.78, 5) is 41.2. The zero-order valence-corrected chi connectivity index (χ0v) is 18.7. The first-order chi connectivity index (χ1) is 15.5. The SMILES string of the molecule is CCOC(=O)C(c1ccc(Cl)cc1)N1CCN(C(=O)c2ccc3c(c2)CCC(=O)N3)CC1. The zero-order valence-electron chi connectivity index (χ0n) is 18.0. The molecule has 2 heterocycles. The molecule has 0 spiro atoms. The van der Waals surface area contributed by atoms with E-state index in [4.69, 9.17) is 16.3 Å². The van der Waals surface area contributed by atoms with E-state index < -0.39 is 6.04 Å². The second kappa shape index (κ2) is 9.71. The normalized spacial score (nSPS) is 17.3. The minimum atomic E-state index is -0.531. The molecule has 0 radical (unpaired) electrons. The van der Waals surface area contributed by atoms with Gasteiger partial charge in [0.2, 0.25) is 5.91 Å². The van der Waals surface area contributed by atoms with Crippen LogP contribution in [0.4, 0.5) is 5.69 Å². The van der Waals surface area contributed by atoms with Gasteiger partial charge >= 0.3 is 5.97 Å². The van der Waals surface area contributed by atoms with Gasteiger partial charge in [-0.1, -0.05) is 23.7 Å². The van der Waals surface area contributed by atoms with Crippen molar-refractivity contribution in [2.75, 3.05) is 38.1 Å².